The van der Waals surface area contributed by atoms with Gasteiger partial charge in [-0.05, 0) is 31.7 Å². The molecule has 0 aromatic carbocycles. The van der Waals surface area contributed by atoms with E-state index < -0.39 is 5.82 Å². The van der Waals surface area contributed by atoms with Crippen molar-refractivity contribution >= 4 is 22.6 Å². The minimum atomic E-state index is -0.415. The Morgan fingerprint density at radius 3 is 3.08 bits per heavy atom. The molecule has 1 aliphatic carbocycles. The lowest BCUT2D eigenvalue weighted by Crippen LogP contribution is -2.18. The van der Waals surface area contributed by atoms with Gasteiger partial charge in [0.15, 0.2) is 11.5 Å². The van der Waals surface area contributed by atoms with Crippen LogP contribution in [0, 0.1) is 11.7 Å². The number of H-pyrrole nitrogens is 1. The molecule has 1 saturated carbocycles. The number of nitrogens with one attached hydrogen (secondary N) is 2. The standard InChI is InChI=1S/C17H16FN7/c1-9(10-2-3-10)23-17-20-6-13-12(5-19-15(13)24-17)11-4-14(18)16-21-8-22-25(16)7-11/h4-10H,2-3H2,1H3,(H2,19,20,23,24)/t9-/m1/s1. The maximum Gasteiger partial charge on any atom is 0.224 e. The van der Waals surface area contributed by atoms with E-state index in [1.54, 1.807) is 12.4 Å². The molecular weight excluding hydrogens is 321 g/mol. The summed E-state index contributed by atoms with van der Waals surface area (Å²) in [4.78, 5) is 16.0. The molecular formula is C17H16FN7. The van der Waals surface area contributed by atoms with E-state index in [-0.39, 0.29) is 5.65 Å². The highest BCUT2D eigenvalue weighted by Gasteiger charge is 2.28. The van der Waals surface area contributed by atoms with Crippen LogP contribution in [0.4, 0.5) is 10.3 Å². The Morgan fingerprint density at radius 1 is 1.36 bits per heavy atom. The highest BCUT2D eigenvalue weighted by atomic mass is 19.1. The van der Waals surface area contributed by atoms with Crippen molar-refractivity contribution in [3.05, 3.63) is 36.8 Å². The van der Waals surface area contributed by atoms with Crippen molar-refractivity contribution in [2.45, 2.75) is 25.8 Å². The molecule has 126 valence electrons. The number of hydrogen-bond donors (Lipinski definition) is 2. The van der Waals surface area contributed by atoms with Gasteiger partial charge in [-0.15, -0.1) is 0 Å². The average molecular weight is 337 g/mol. The molecule has 0 spiro atoms. The van der Waals surface area contributed by atoms with Crippen molar-refractivity contribution in [2.24, 2.45) is 5.92 Å². The Labute approximate surface area is 142 Å². The Balaban J connectivity index is 1.54. The quantitative estimate of drug-likeness (QED) is 0.598. The lowest BCUT2D eigenvalue weighted by Gasteiger charge is -2.12. The smallest absolute Gasteiger partial charge is 0.224 e. The van der Waals surface area contributed by atoms with Crippen molar-refractivity contribution < 1.29 is 4.39 Å². The van der Waals surface area contributed by atoms with Gasteiger partial charge in [-0.3, -0.25) is 0 Å². The van der Waals surface area contributed by atoms with Gasteiger partial charge in [0.1, 0.15) is 12.0 Å². The molecule has 0 amide bonds. The molecule has 2 N–H and O–H groups in total. The molecule has 0 radical (unpaired) electrons. The van der Waals surface area contributed by atoms with Crippen LogP contribution in [0.3, 0.4) is 0 Å². The summed E-state index contributed by atoms with van der Waals surface area (Å²) in [6, 6.07) is 1.82. The number of pyridine rings is 1. The van der Waals surface area contributed by atoms with Crippen LogP contribution in [-0.4, -0.2) is 35.6 Å². The fraction of sp³-hybridized carbons (Fsp3) is 0.294. The van der Waals surface area contributed by atoms with Crippen molar-refractivity contribution in [3.63, 3.8) is 0 Å². The second kappa shape index (κ2) is 5.23. The van der Waals surface area contributed by atoms with E-state index in [1.165, 1.54) is 29.8 Å². The van der Waals surface area contributed by atoms with Gasteiger partial charge in [0, 0.05) is 41.1 Å². The highest BCUT2D eigenvalue weighted by Crippen LogP contribution is 2.34. The molecule has 1 atom stereocenters. The van der Waals surface area contributed by atoms with Crippen LogP contribution in [0.15, 0.2) is 31.0 Å². The van der Waals surface area contributed by atoms with Crippen LogP contribution in [0.2, 0.25) is 0 Å². The second-order valence-electron chi connectivity index (χ2n) is 6.53. The molecule has 0 saturated heterocycles. The zero-order chi connectivity index (χ0) is 17.0. The summed E-state index contributed by atoms with van der Waals surface area (Å²) in [6.07, 6.45) is 9.18. The fourth-order valence-electron chi connectivity index (χ4n) is 3.17. The molecule has 8 heteroatoms. The van der Waals surface area contributed by atoms with Crippen LogP contribution in [0.25, 0.3) is 27.8 Å². The van der Waals surface area contributed by atoms with Crippen LogP contribution in [-0.2, 0) is 0 Å². The van der Waals surface area contributed by atoms with Crippen LogP contribution < -0.4 is 5.32 Å². The average Bonchev–Trinajstić information content (AvgIpc) is 3.20. The van der Waals surface area contributed by atoms with Crippen molar-refractivity contribution in [2.75, 3.05) is 5.32 Å². The van der Waals surface area contributed by atoms with E-state index in [2.05, 4.69) is 37.3 Å². The van der Waals surface area contributed by atoms with E-state index >= 15 is 0 Å². The predicted molar refractivity (Wildman–Crippen MR) is 91.6 cm³/mol. The number of hydrogen-bond acceptors (Lipinski definition) is 5. The summed E-state index contributed by atoms with van der Waals surface area (Å²) in [7, 11) is 0. The first-order valence-electron chi connectivity index (χ1n) is 8.29. The zero-order valence-electron chi connectivity index (χ0n) is 13.6. The molecule has 4 heterocycles. The second-order valence-corrected chi connectivity index (χ2v) is 6.53. The lowest BCUT2D eigenvalue weighted by molar-refractivity contribution is 0.628. The number of anilines is 1. The monoisotopic (exact) mass is 337 g/mol. The van der Waals surface area contributed by atoms with E-state index in [4.69, 9.17) is 0 Å². The largest absolute Gasteiger partial charge is 0.351 e. The van der Waals surface area contributed by atoms with Gasteiger partial charge >= 0.3 is 0 Å². The number of nitrogens with zero attached hydrogens (tertiary/aromatic N) is 5. The van der Waals surface area contributed by atoms with Crippen molar-refractivity contribution in [3.8, 4) is 11.1 Å². The van der Waals surface area contributed by atoms with Crippen LogP contribution >= 0.6 is 0 Å². The molecule has 0 unspecified atom stereocenters. The van der Waals surface area contributed by atoms with Gasteiger partial charge in [0.25, 0.3) is 0 Å². The van der Waals surface area contributed by atoms with Gasteiger partial charge in [-0.25, -0.2) is 18.9 Å². The SMILES string of the molecule is C[C@@H](Nc1ncc2c(-c3cc(F)c4ncnn4c3)c[nH]c2n1)C1CC1. The van der Waals surface area contributed by atoms with Gasteiger partial charge < -0.3 is 10.3 Å². The molecule has 7 nitrogen and oxygen atoms in total. The van der Waals surface area contributed by atoms with Gasteiger partial charge in [-0.2, -0.15) is 10.1 Å². The molecule has 0 aliphatic heterocycles. The molecule has 5 rings (SSSR count). The Morgan fingerprint density at radius 2 is 2.24 bits per heavy atom. The first kappa shape index (κ1) is 14.3. The summed E-state index contributed by atoms with van der Waals surface area (Å²) in [6.45, 7) is 2.15. The van der Waals surface area contributed by atoms with Crippen LogP contribution in [0.5, 0.6) is 0 Å². The maximum atomic E-state index is 14.2. The third-order valence-electron chi connectivity index (χ3n) is 4.76. The maximum absolute atomic E-state index is 14.2. The normalized spacial score (nSPS) is 15.8. The lowest BCUT2D eigenvalue weighted by atomic mass is 10.1. The summed E-state index contributed by atoms with van der Waals surface area (Å²) < 4.78 is 15.6. The molecule has 1 fully saturated rings. The van der Waals surface area contributed by atoms with Gasteiger partial charge in [0.2, 0.25) is 5.95 Å². The number of fused-ring (bicyclic) bond motifs is 2. The summed E-state index contributed by atoms with van der Waals surface area (Å²) in [5.74, 6) is 0.913. The van der Waals surface area contributed by atoms with Crippen LogP contribution in [0.1, 0.15) is 19.8 Å². The van der Waals surface area contributed by atoms with Crippen molar-refractivity contribution in [1.82, 2.24) is 29.5 Å². The molecule has 4 aromatic heterocycles. The number of aromatic amines is 1. The van der Waals surface area contributed by atoms with Crippen molar-refractivity contribution in [1.29, 1.82) is 0 Å². The molecule has 25 heavy (non-hydrogen) atoms. The zero-order valence-corrected chi connectivity index (χ0v) is 13.6. The predicted octanol–water partition coefficient (Wildman–Crippen LogP) is 3.02. The molecule has 0 bridgehead atoms. The third-order valence-corrected chi connectivity index (χ3v) is 4.76. The summed E-state index contributed by atoms with van der Waals surface area (Å²) in [5.41, 5.74) is 2.44. The Bertz CT molecular complexity index is 1080. The Hall–Kier alpha value is -3.03. The minimum Gasteiger partial charge on any atom is -0.351 e. The minimum absolute atomic E-state index is 0.209. The van der Waals surface area contributed by atoms with Gasteiger partial charge in [-0.1, -0.05) is 0 Å². The summed E-state index contributed by atoms with van der Waals surface area (Å²) >= 11 is 0. The first-order valence-corrected chi connectivity index (χ1v) is 8.29. The number of aromatic nitrogens is 6. The number of rotatable bonds is 4. The highest BCUT2D eigenvalue weighted by molar-refractivity contribution is 5.93. The first-order chi connectivity index (χ1) is 12.2. The van der Waals surface area contributed by atoms with Gasteiger partial charge in [0.05, 0.1) is 0 Å². The summed E-state index contributed by atoms with van der Waals surface area (Å²) in [5, 5.41) is 8.20. The Kier molecular flexibility index (Phi) is 3.00. The molecule has 4 aromatic rings. The fourth-order valence-corrected chi connectivity index (χ4v) is 3.17. The third kappa shape index (κ3) is 2.41. The number of halogens is 1. The van der Waals surface area contributed by atoms with E-state index in [1.807, 2.05) is 6.20 Å². The molecule has 1 aliphatic rings. The van der Waals surface area contributed by atoms with E-state index in [9.17, 15) is 4.39 Å². The van der Waals surface area contributed by atoms with E-state index in [0.29, 0.717) is 17.6 Å². The van der Waals surface area contributed by atoms with E-state index in [0.717, 1.165) is 22.5 Å². The topological polar surface area (TPSA) is 83.8 Å².